The Bertz CT molecular complexity index is 685. The topological polar surface area (TPSA) is 46.2 Å². The van der Waals surface area contributed by atoms with Gasteiger partial charge in [0.25, 0.3) is 10.0 Å². The van der Waals surface area contributed by atoms with Crippen LogP contribution in [0.15, 0.2) is 34.5 Å². The molecule has 0 aliphatic carbocycles. The largest absolute Gasteiger partial charge is 0.278 e. The van der Waals surface area contributed by atoms with Crippen LogP contribution in [0.2, 0.25) is 4.34 Å². The van der Waals surface area contributed by atoms with Crippen molar-refractivity contribution in [1.29, 1.82) is 0 Å². The first-order valence-corrected chi connectivity index (χ1v) is 9.04. The van der Waals surface area contributed by atoms with E-state index in [9.17, 15) is 8.42 Å². The summed E-state index contributed by atoms with van der Waals surface area (Å²) in [7, 11) is -3.57. The third-order valence-electron chi connectivity index (χ3n) is 3.05. The maximum absolute atomic E-state index is 12.4. The fraction of sp³-hybridized carbons (Fsp3) is 0.286. The molecule has 20 heavy (non-hydrogen) atoms. The molecule has 0 bridgehead atoms. The molecule has 1 aromatic carbocycles. The molecule has 0 aliphatic rings. The van der Waals surface area contributed by atoms with Gasteiger partial charge in [0.15, 0.2) is 0 Å². The second-order valence-electron chi connectivity index (χ2n) is 4.32. The summed E-state index contributed by atoms with van der Waals surface area (Å²) in [6.45, 7) is 4.02. The molecule has 0 spiro atoms. The Morgan fingerprint density at radius 3 is 2.15 bits per heavy atom. The van der Waals surface area contributed by atoms with Gasteiger partial charge in [-0.2, -0.15) is 0 Å². The van der Waals surface area contributed by atoms with Crippen LogP contribution in [0.1, 0.15) is 25.0 Å². The minimum atomic E-state index is -3.57. The third kappa shape index (κ3) is 3.16. The lowest BCUT2D eigenvalue weighted by atomic mass is 10.0. The normalized spacial score (nSPS) is 11.6. The maximum atomic E-state index is 12.4. The molecule has 0 saturated heterocycles. The molecule has 0 unspecified atom stereocenters. The van der Waals surface area contributed by atoms with Crippen molar-refractivity contribution in [3.63, 3.8) is 0 Å². The molecule has 6 heteroatoms. The van der Waals surface area contributed by atoms with Crippen molar-refractivity contribution in [1.82, 2.24) is 0 Å². The quantitative estimate of drug-likeness (QED) is 0.887. The number of para-hydroxylation sites is 1. The number of benzene rings is 1. The van der Waals surface area contributed by atoms with Crippen molar-refractivity contribution < 1.29 is 8.42 Å². The molecular weight excluding hydrogens is 314 g/mol. The van der Waals surface area contributed by atoms with Gasteiger partial charge in [-0.05, 0) is 36.1 Å². The van der Waals surface area contributed by atoms with Gasteiger partial charge in [0.2, 0.25) is 0 Å². The van der Waals surface area contributed by atoms with E-state index in [0.29, 0.717) is 10.0 Å². The molecular formula is C14H16ClNO2S2. The number of sulfonamides is 1. The van der Waals surface area contributed by atoms with Crippen molar-refractivity contribution in [2.75, 3.05) is 4.72 Å². The minimum absolute atomic E-state index is 0.232. The van der Waals surface area contributed by atoms with Crippen molar-refractivity contribution in [2.45, 2.75) is 30.9 Å². The van der Waals surface area contributed by atoms with Crippen LogP contribution in [0.25, 0.3) is 0 Å². The Kier molecular flexibility index (Phi) is 4.73. The number of nitrogens with one attached hydrogen (secondary N) is 1. The van der Waals surface area contributed by atoms with Gasteiger partial charge in [-0.15, -0.1) is 11.3 Å². The highest BCUT2D eigenvalue weighted by Gasteiger charge is 2.19. The van der Waals surface area contributed by atoms with E-state index in [2.05, 4.69) is 4.72 Å². The zero-order valence-electron chi connectivity index (χ0n) is 11.3. The smallest absolute Gasteiger partial charge is 0.271 e. The van der Waals surface area contributed by atoms with Gasteiger partial charge >= 0.3 is 0 Å². The van der Waals surface area contributed by atoms with E-state index >= 15 is 0 Å². The highest BCUT2D eigenvalue weighted by Crippen LogP contribution is 2.30. The molecule has 0 radical (unpaired) electrons. The lowest BCUT2D eigenvalue weighted by molar-refractivity contribution is 0.603. The number of thiophene rings is 1. The van der Waals surface area contributed by atoms with Crippen LogP contribution in [-0.4, -0.2) is 8.42 Å². The van der Waals surface area contributed by atoms with Gasteiger partial charge in [-0.25, -0.2) is 8.42 Å². The van der Waals surface area contributed by atoms with Crippen LogP contribution in [-0.2, 0) is 22.9 Å². The van der Waals surface area contributed by atoms with Crippen LogP contribution in [0.5, 0.6) is 0 Å². The molecule has 0 amide bonds. The first-order valence-electron chi connectivity index (χ1n) is 6.36. The summed E-state index contributed by atoms with van der Waals surface area (Å²) in [5.41, 5.74) is 2.69. The lowest BCUT2D eigenvalue weighted by Gasteiger charge is -2.14. The number of rotatable bonds is 5. The van der Waals surface area contributed by atoms with E-state index in [0.717, 1.165) is 35.3 Å². The van der Waals surface area contributed by atoms with Crippen LogP contribution < -0.4 is 4.72 Å². The first-order chi connectivity index (χ1) is 9.47. The van der Waals surface area contributed by atoms with Gasteiger partial charge in [-0.1, -0.05) is 43.6 Å². The number of anilines is 1. The highest BCUT2D eigenvalue weighted by molar-refractivity contribution is 7.94. The fourth-order valence-electron chi connectivity index (χ4n) is 2.00. The van der Waals surface area contributed by atoms with E-state index in [1.54, 1.807) is 6.07 Å². The summed E-state index contributed by atoms with van der Waals surface area (Å²) >= 11 is 6.87. The molecule has 1 heterocycles. The average molecular weight is 330 g/mol. The van der Waals surface area contributed by atoms with Gasteiger partial charge in [-0.3, -0.25) is 4.72 Å². The molecule has 1 aromatic heterocycles. The predicted molar refractivity (Wildman–Crippen MR) is 85.3 cm³/mol. The summed E-state index contributed by atoms with van der Waals surface area (Å²) < 4.78 is 28.2. The Labute approximate surface area is 128 Å². The van der Waals surface area contributed by atoms with Crippen LogP contribution in [0, 0.1) is 0 Å². The number of aryl methyl sites for hydroxylation is 2. The van der Waals surface area contributed by atoms with Gasteiger partial charge in [0.05, 0.1) is 10.0 Å². The second kappa shape index (κ2) is 6.16. The van der Waals surface area contributed by atoms with E-state index < -0.39 is 10.0 Å². The van der Waals surface area contributed by atoms with Crippen LogP contribution >= 0.6 is 22.9 Å². The SMILES string of the molecule is CCc1cccc(CC)c1NS(=O)(=O)c1ccc(Cl)s1. The lowest BCUT2D eigenvalue weighted by Crippen LogP contribution is -2.14. The van der Waals surface area contributed by atoms with Gasteiger partial charge < -0.3 is 0 Å². The Morgan fingerprint density at radius 1 is 1.10 bits per heavy atom. The summed E-state index contributed by atoms with van der Waals surface area (Å²) in [5, 5.41) is 0. The Hall–Kier alpha value is -1.04. The molecule has 3 nitrogen and oxygen atoms in total. The molecule has 0 atom stereocenters. The standard InChI is InChI=1S/C14H16ClNO2S2/c1-3-10-6-5-7-11(4-2)14(10)16-20(17,18)13-9-8-12(15)19-13/h5-9,16H,3-4H2,1-2H3. The Morgan fingerprint density at radius 2 is 1.70 bits per heavy atom. The second-order valence-corrected chi connectivity index (χ2v) is 7.95. The van der Waals surface area contributed by atoms with Crippen LogP contribution in [0.3, 0.4) is 0 Å². The van der Waals surface area contributed by atoms with Crippen molar-refractivity contribution in [2.24, 2.45) is 0 Å². The average Bonchev–Trinajstić information content (AvgIpc) is 2.86. The maximum Gasteiger partial charge on any atom is 0.271 e. The monoisotopic (exact) mass is 329 g/mol. The molecule has 1 N–H and O–H groups in total. The highest BCUT2D eigenvalue weighted by atomic mass is 35.5. The van der Waals surface area contributed by atoms with Crippen molar-refractivity contribution in [3.05, 3.63) is 45.8 Å². The summed E-state index contributed by atoms with van der Waals surface area (Å²) in [5.74, 6) is 0. The van der Waals surface area contributed by atoms with Crippen LogP contribution in [0.4, 0.5) is 5.69 Å². The zero-order chi connectivity index (χ0) is 14.8. The van der Waals surface area contributed by atoms with Crippen molar-refractivity contribution in [3.8, 4) is 0 Å². The van der Waals surface area contributed by atoms with E-state index in [1.807, 2.05) is 32.0 Å². The minimum Gasteiger partial charge on any atom is -0.278 e. The van der Waals surface area contributed by atoms with E-state index in [4.69, 9.17) is 11.6 Å². The molecule has 2 aromatic rings. The third-order valence-corrected chi connectivity index (χ3v) is 6.12. The number of halogens is 1. The summed E-state index contributed by atoms with van der Waals surface area (Å²) in [6.07, 6.45) is 1.55. The molecule has 2 rings (SSSR count). The fourth-order valence-corrected chi connectivity index (χ4v) is 4.63. The summed E-state index contributed by atoms with van der Waals surface area (Å²) in [4.78, 5) is 0. The van der Waals surface area contributed by atoms with Gasteiger partial charge in [0, 0.05) is 0 Å². The summed E-state index contributed by atoms with van der Waals surface area (Å²) in [6, 6.07) is 8.96. The molecule has 0 saturated carbocycles. The Balaban J connectivity index is 2.43. The number of hydrogen-bond donors (Lipinski definition) is 1. The molecule has 108 valence electrons. The predicted octanol–water partition coefficient (Wildman–Crippen LogP) is 4.33. The first kappa shape index (κ1) is 15.4. The van der Waals surface area contributed by atoms with E-state index in [1.165, 1.54) is 6.07 Å². The molecule has 0 fully saturated rings. The van der Waals surface area contributed by atoms with E-state index in [-0.39, 0.29) is 4.21 Å². The van der Waals surface area contributed by atoms with Gasteiger partial charge in [0.1, 0.15) is 4.21 Å². The number of hydrogen-bond acceptors (Lipinski definition) is 3. The van der Waals surface area contributed by atoms with Crippen molar-refractivity contribution >= 4 is 38.6 Å². The zero-order valence-corrected chi connectivity index (χ0v) is 13.7. The molecule has 0 aliphatic heterocycles.